The molecule has 5 nitrogen and oxygen atoms in total. The summed E-state index contributed by atoms with van der Waals surface area (Å²) in [7, 11) is 3.00. The fourth-order valence-corrected chi connectivity index (χ4v) is 0.909. The summed E-state index contributed by atoms with van der Waals surface area (Å²) < 4.78 is 0. The smallest absolute Gasteiger partial charge is 0.138 e. The number of Topliss-reactive ketones (excluding diaryl/α,β-unsaturated/α-hetero) is 1. The fraction of sp³-hybridized carbons (Fsp3) is 0.909. The topological polar surface area (TPSA) is 98.0 Å². The van der Waals surface area contributed by atoms with Gasteiger partial charge in [-0.15, -0.1) is 0 Å². The van der Waals surface area contributed by atoms with E-state index in [1.54, 1.807) is 0 Å². The van der Waals surface area contributed by atoms with Gasteiger partial charge in [0.2, 0.25) is 0 Å². The zero-order chi connectivity index (χ0) is 14.0. The van der Waals surface area contributed by atoms with Crippen LogP contribution in [0, 0.1) is 5.92 Å². The minimum Gasteiger partial charge on any atom is -0.400 e. The van der Waals surface area contributed by atoms with Gasteiger partial charge in [-0.1, -0.05) is 13.8 Å². The summed E-state index contributed by atoms with van der Waals surface area (Å²) in [6.45, 7) is 3.91. The molecule has 0 rings (SSSR count). The summed E-state index contributed by atoms with van der Waals surface area (Å²) in [6.07, 6.45) is 2.25. The Morgan fingerprint density at radius 3 is 1.53 bits per heavy atom. The Morgan fingerprint density at radius 1 is 1.00 bits per heavy atom. The maximum atomic E-state index is 11.0. The van der Waals surface area contributed by atoms with E-state index >= 15 is 0 Å². The van der Waals surface area contributed by atoms with E-state index in [0.29, 0.717) is 6.42 Å². The first-order valence-corrected chi connectivity index (χ1v) is 5.23. The molecule has 0 fully saturated rings. The predicted octanol–water partition coefficient (Wildman–Crippen LogP) is 0.197. The van der Waals surface area contributed by atoms with Gasteiger partial charge in [0, 0.05) is 55.4 Å². The standard InChI is InChI=1S/C8H16O2.3CH4O.Ti/c1-3-5-8(10)7(4-2)6-9;3*1-2;/h7,9H,3-6H2,1-2H3;3*2H,1H3;. The van der Waals surface area contributed by atoms with E-state index in [4.69, 9.17) is 20.4 Å². The van der Waals surface area contributed by atoms with Gasteiger partial charge in [-0.05, 0) is 12.8 Å². The molecule has 4 N–H and O–H groups in total. The number of ketones is 1. The van der Waals surface area contributed by atoms with Crippen LogP contribution in [0.25, 0.3) is 0 Å². The molecule has 0 aromatic heterocycles. The molecule has 0 saturated heterocycles. The van der Waals surface area contributed by atoms with Crippen LogP contribution in [0.15, 0.2) is 0 Å². The predicted molar refractivity (Wildman–Crippen MR) is 65.2 cm³/mol. The van der Waals surface area contributed by atoms with Gasteiger partial charge in [0.15, 0.2) is 0 Å². The van der Waals surface area contributed by atoms with Gasteiger partial charge in [0.25, 0.3) is 0 Å². The van der Waals surface area contributed by atoms with E-state index in [2.05, 4.69) is 0 Å². The summed E-state index contributed by atoms with van der Waals surface area (Å²) in [5, 5.41) is 29.7. The molecule has 17 heavy (non-hydrogen) atoms. The number of hydrogen-bond donors (Lipinski definition) is 4. The van der Waals surface area contributed by atoms with Crippen molar-refractivity contribution < 1.29 is 46.9 Å². The Hall–Kier alpha value is 0.224. The average molecular weight is 288 g/mol. The van der Waals surface area contributed by atoms with Crippen LogP contribution in [0.2, 0.25) is 0 Å². The van der Waals surface area contributed by atoms with Gasteiger partial charge in [-0.25, -0.2) is 0 Å². The molecule has 0 amide bonds. The van der Waals surface area contributed by atoms with Gasteiger partial charge >= 0.3 is 0 Å². The van der Waals surface area contributed by atoms with E-state index in [9.17, 15) is 4.79 Å². The van der Waals surface area contributed by atoms with E-state index in [0.717, 1.165) is 34.2 Å². The van der Waals surface area contributed by atoms with Crippen LogP contribution in [-0.4, -0.2) is 54.1 Å². The fourth-order valence-electron chi connectivity index (χ4n) is 0.909. The molecule has 0 aromatic rings. The van der Waals surface area contributed by atoms with Crippen molar-refractivity contribution in [3.63, 3.8) is 0 Å². The van der Waals surface area contributed by atoms with Crippen LogP contribution in [0.3, 0.4) is 0 Å². The Balaban J connectivity index is -0.0000000594. The zero-order valence-corrected chi connectivity index (χ0v) is 13.2. The molecule has 6 heteroatoms. The van der Waals surface area contributed by atoms with Crippen molar-refractivity contribution in [1.82, 2.24) is 0 Å². The minimum atomic E-state index is -0.111. The third-order valence-corrected chi connectivity index (χ3v) is 1.66. The molecule has 106 valence electrons. The zero-order valence-electron chi connectivity index (χ0n) is 11.6. The molecule has 0 aliphatic heterocycles. The van der Waals surface area contributed by atoms with Crippen LogP contribution < -0.4 is 0 Å². The van der Waals surface area contributed by atoms with Gasteiger partial charge in [-0.3, -0.25) is 4.79 Å². The molecule has 0 radical (unpaired) electrons. The summed E-state index contributed by atoms with van der Waals surface area (Å²) in [5.74, 6) is 0.0902. The normalized spacial score (nSPS) is 8.76. The second-order valence-corrected chi connectivity index (χ2v) is 2.50. The summed E-state index contributed by atoms with van der Waals surface area (Å²) in [6, 6.07) is 0. The van der Waals surface area contributed by atoms with Crippen LogP contribution in [0.1, 0.15) is 33.1 Å². The third kappa shape index (κ3) is 26.1. The van der Waals surface area contributed by atoms with Crippen molar-refractivity contribution in [3.8, 4) is 0 Å². The van der Waals surface area contributed by atoms with Crippen molar-refractivity contribution in [3.05, 3.63) is 0 Å². The SMILES string of the molecule is CCCC(=O)C(CC)CO.CO.CO.CO.[Ti]. The second kappa shape index (κ2) is 36.0. The quantitative estimate of drug-likeness (QED) is 0.542. The monoisotopic (exact) mass is 288 g/mol. The van der Waals surface area contributed by atoms with Crippen LogP contribution in [-0.2, 0) is 26.5 Å². The minimum absolute atomic E-state index is 0. The molecule has 1 atom stereocenters. The third-order valence-electron chi connectivity index (χ3n) is 1.66. The molecule has 0 heterocycles. The average Bonchev–Trinajstić information content (AvgIpc) is 2.38. The summed E-state index contributed by atoms with van der Waals surface area (Å²) in [4.78, 5) is 11.0. The van der Waals surface area contributed by atoms with Crippen LogP contribution in [0.4, 0.5) is 0 Å². The Bertz CT molecular complexity index is 108. The molecule has 0 bridgehead atoms. The van der Waals surface area contributed by atoms with Crippen molar-refractivity contribution in [2.75, 3.05) is 27.9 Å². The molecule has 0 aliphatic rings. The number of carbonyl (C=O) groups excluding carboxylic acids is 1. The van der Waals surface area contributed by atoms with Gasteiger partial charge in [-0.2, -0.15) is 0 Å². The van der Waals surface area contributed by atoms with Gasteiger partial charge in [0.1, 0.15) is 5.78 Å². The second-order valence-electron chi connectivity index (χ2n) is 2.50. The van der Waals surface area contributed by atoms with Crippen molar-refractivity contribution in [2.45, 2.75) is 33.1 Å². The first kappa shape index (κ1) is 30.3. The Labute approximate surface area is 120 Å². The number of carbonyl (C=O) groups is 1. The summed E-state index contributed by atoms with van der Waals surface area (Å²) >= 11 is 0. The molecule has 0 aromatic carbocycles. The van der Waals surface area contributed by atoms with E-state index in [1.165, 1.54) is 0 Å². The van der Waals surface area contributed by atoms with E-state index < -0.39 is 0 Å². The maximum Gasteiger partial charge on any atom is 0.138 e. The number of hydrogen-bond acceptors (Lipinski definition) is 5. The Morgan fingerprint density at radius 2 is 1.35 bits per heavy atom. The van der Waals surface area contributed by atoms with Crippen molar-refractivity contribution in [2.24, 2.45) is 5.92 Å². The van der Waals surface area contributed by atoms with Crippen molar-refractivity contribution in [1.29, 1.82) is 0 Å². The maximum absolute atomic E-state index is 11.0. The molecule has 0 aliphatic carbocycles. The van der Waals surface area contributed by atoms with E-state index in [1.807, 2.05) is 13.8 Å². The number of aliphatic hydroxyl groups excluding tert-OH is 4. The van der Waals surface area contributed by atoms with E-state index in [-0.39, 0.29) is 40.0 Å². The first-order chi connectivity index (χ1) is 7.76. The van der Waals surface area contributed by atoms with Crippen molar-refractivity contribution >= 4 is 5.78 Å². The number of aliphatic hydroxyl groups is 4. The largest absolute Gasteiger partial charge is 0.400 e. The van der Waals surface area contributed by atoms with Crippen LogP contribution >= 0.6 is 0 Å². The van der Waals surface area contributed by atoms with Gasteiger partial charge in [0.05, 0.1) is 6.61 Å². The van der Waals surface area contributed by atoms with Crippen LogP contribution in [0.5, 0.6) is 0 Å². The Kier molecular flexibility index (Phi) is 64.2. The molecular formula is C11H28O5Ti. The number of rotatable bonds is 5. The summed E-state index contributed by atoms with van der Waals surface area (Å²) in [5.41, 5.74) is 0. The molecular weight excluding hydrogens is 260 g/mol. The van der Waals surface area contributed by atoms with Gasteiger partial charge < -0.3 is 20.4 Å². The molecule has 0 spiro atoms. The molecule has 0 saturated carbocycles. The molecule has 1 unspecified atom stereocenters. The first-order valence-electron chi connectivity index (χ1n) is 5.23.